The molecule has 0 radical (unpaired) electrons. The maximum absolute atomic E-state index is 12.5. The lowest BCUT2D eigenvalue weighted by molar-refractivity contribution is -0.139. The largest absolute Gasteiger partial charge is 0.493 e. The van der Waals surface area contributed by atoms with Crippen LogP contribution in [0.3, 0.4) is 0 Å². The highest BCUT2D eigenvalue weighted by atomic mass is 16.5. The summed E-state index contributed by atoms with van der Waals surface area (Å²) in [4.78, 5) is 16.5. The van der Waals surface area contributed by atoms with E-state index in [-0.39, 0.29) is 5.91 Å². The molecule has 124 valence electrons. The van der Waals surface area contributed by atoms with Crippen LogP contribution in [0.25, 0.3) is 0 Å². The van der Waals surface area contributed by atoms with Gasteiger partial charge in [-0.3, -0.25) is 9.69 Å². The number of hydrogen-bond acceptors (Lipinski definition) is 5. The van der Waals surface area contributed by atoms with Crippen molar-refractivity contribution in [2.75, 3.05) is 39.8 Å². The van der Waals surface area contributed by atoms with Crippen LogP contribution in [0.5, 0.6) is 11.5 Å². The van der Waals surface area contributed by atoms with Gasteiger partial charge in [-0.2, -0.15) is 5.26 Å². The van der Waals surface area contributed by atoms with E-state index in [0.29, 0.717) is 31.0 Å². The second kappa shape index (κ2) is 8.39. The molecule has 1 aromatic carbocycles. The van der Waals surface area contributed by atoms with Crippen molar-refractivity contribution in [1.29, 1.82) is 5.26 Å². The first-order valence-electron chi connectivity index (χ1n) is 7.83. The van der Waals surface area contributed by atoms with Crippen molar-refractivity contribution in [2.24, 2.45) is 0 Å². The van der Waals surface area contributed by atoms with Crippen molar-refractivity contribution in [3.8, 4) is 17.6 Å². The monoisotopic (exact) mass is 317 g/mol. The van der Waals surface area contributed by atoms with E-state index in [0.717, 1.165) is 19.6 Å². The number of amides is 1. The highest BCUT2D eigenvalue weighted by Crippen LogP contribution is 2.27. The molecule has 1 aliphatic rings. The van der Waals surface area contributed by atoms with Gasteiger partial charge in [0.2, 0.25) is 0 Å². The third-order valence-electron chi connectivity index (χ3n) is 3.94. The molecule has 0 saturated carbocycles. The summed E-state index contributed by atoms with van der Waals surface area (Å²) in [5, 5.41) is 8.62. The van der Waals surface area contributed by atoms with Gasteiger partial charge in [-0.05, 0) is 19.1 Å². The van der Waals surface area contributed by atoms with Gasteiger partial charge in [-0.25, -0.2) is 0 Å². The Morgan fingerprint density at radius 3 is 2.52 bits per heavy atom. The fourth-order valence-electron chi connectivity index (χ4n) is 2.61. The lowest BCUT2D eigenvalue weighted by Gasteiger charge is -2.35. The smallest absolute Gasteiger partial charge is 0.263 e. The van der Waals surface area contributed by atoms with Crippen molar-refractivity contribution >= 4 is 5.91 Å². The van der Waals surface area contributed by atoms with Crippen molar-refractivity contribution in [3.63, 3.8) is 0 Å². The van der Waals surface area contributed by atoms with Crippen LogP contribution in [-0.4, -0.2) is 61.6 Å². The number of rotatable bonds is 6. The lowest BCUT2D eigenvalue weighted by atomic mass is 10.2. The van der Waals surface area contributed by atoms with Crippen LogP contribution in [0, 0.1) is 11.3 Å². The van der Waals surface area contributed by atoms with Crippen LogP contribution in [0.15, 0.2) is 24.3 Å². The minimum Gasteiger partial charge on any atom is -0.493 e. The number of methoxy groups -OCH3 is 1. The molecule has 23 heavy (non-hydrogen) atoms. The van der Waals surface area contributed by atoms with Crippen LogP contribution in [0.2, 0.25) is 0 Å². The molecular formula is C17H23N3O3. The maximum Gasteiger partial charge on any atom is 0.263 e. The first-order valence-corrected chi connectivity index (χ1v) is 7.83. The summed E-state index contributed by atoms with van der Waals surface area (Å²) < 4.78 is 11.0. The van der Waals surface area contributed by atoms with E-state index in [1.807, 2.05) is 17.0 Å². The third kappa shape index (κ3) is 4.60. The molecule has 0 aliphatic carbocycles. The fraction of sp³-hybridized carbons (Fsp3) is 0.529. The second-order valence-electron chi connectivity index (χ2n) is 5.49. The number of nitrogens with zero attached hydrogens (tertiary/aromatic N) is 3. The molecule has 2 rings (SSSR count). The lowest BCUT2D eigenvalue weighted by Crippen LogP contribution is -2.51. The molecule has 1 fully saturated rings. The highest BCUT2D eigenvalue weighted by molar-refractivity contribution is 5.81. The Kier molecular flexibility index (Phi) is 6.24. The minimum atomic E-state index is -0.558. The van der Waals surface area contributed by atoms with Crippen LogP contribution in [-0.2, 0) is 4.79 Å². The van der Waals surface area contributed by atoms with E-state index < -0.39 is 6.10 Å². The number of carbonyl (C=O) groups is 1. The number of hydrogen-bond donors (Lipinski definition) is 0. The van der Waals surface area contributed by atoms with E-state index in [1.54, 1.807) is 26.2 Å². The zero-order chi connectivity index (χ0) is 16.7. The molecule has 1 saturated heterocycles. The third-order valence-corrected chi connectivity index (χ3v) is 3.94. The van der Waals surface area contributed by atoms with Crippen LogP contribution in [0.4, 0.5) is 0 Å². The molecule has 1 atom stereocenters. The molecule has 6 nitrogen and oxygen atoms in total. The fourth-order valence-corrected chi connectivity index (χ4v) is 2.61. The van der Waals surface area contributed by atoms with E-state index in [2.05, 4.69) is 11.0 Å². The molecule has 0 aromatic heterocycles. The maximum atomic E-state index is 12.5. The number of carbonyl (C=O) groups excluding carboxylic acids is 1. The summed E-state index contributed by atoms with van der Waals surface area (Å²) in [6.07, 6.45) is -0.0293. The zero-order valence-corrected chi connectivity index (χ0v) is 13.7. The Morgan fingerprint density at radius 2 is 1.91 bits per heavy atom. The van der Waals surface area contributed by atoms with Crippen LogP contribution in [0.1, 0.15) is 13.3 Å². The summed E-state index contributed by atoms with van der Waals surface area (Å²) >= 11 is 0. The number of ether oxygens (including phenoxy) is 2. The molecule has 1 aliphatic heterocycles. The molecule has 0 N–H and O–H groups in total. The van der Waals surface area contributed by atoms with Crippen molar-refractivity contribution in [1.82, 2.24) is 9.80 Å². The van der Waals surface area contributed by atoms with Gasteiger partial charge in [-0.15, -0.1) is 0 Å². The Balaban J connectivity index is 1.87. The predicted molar refractivity (Wildman–Crippen MR) is 86.3 cm³/mol. The minimum absolute atomic E-state index is 0.0177. The normalized spacial score (nSPS) is 16.5. The molecule has 1 heterocycles. The Morgan fingerprint density at radius 1 is 1.26 bits per heavy atom. The van der Waals surface area contributed by atoms with Gasteiger partial charge in [0.25, 0.3) is 5.91 Å². The second-order valence-corrected chi connectivity index (χ2v) is 5.49. The molecule has 1 unspecified atom stereocenters. The molecule has 6 heteroatoms. The van der Waals surface area contributed by atoms with Crippen molar-refractivity contribution in [3.05, 3.63) is 24.3 Å². The first kappa shape index (κ1) is 17.1. The van der Waals surface area contributed by atoms with E-state index in [4.69, 9.17) is 14.7 Å². The van der Waals surface area contributed by atoms with Gasteiger partial charge in [0.15, 0.2) is 17.6 Å². The van der Waals surface area contributed by atoms with E-state index in [9.17, 15) is 4.79 Å². The zero-order valence-electron chi connectivity index (χ0n) is 13.7. The number of nitriles is 1. The summed E-state index contributed by atoms with van der Waals surface area (Å²) in [6, 6.07) is 9.46. The molecule has 1 amide bonds. The van der Waals surface area contributed by atoms with Gasteiger partial charge < -0.3 is 14.4 Å². The summed E-state index contributed by atoms with van der Waals surface area (Å²) in [5.74, 6) is 1.17. The average Bonchev–Trinajstić information content (AvgIpc) is 2.60. The predicted octanol–water partition coefficient (Wildman–Crippen LogP) is 1.52. The molecule has 0 bridgehead atoms. The molecular weight excluding hydrogens is 294 g/mol. The highest BCUT2D eigenvalue weighted by Gasteiger charge is 2.26. The quantitative estimate of drug-likeness (QED) is 0.796. The van der Waals surface area contributed by atoms with Crippen molar-refractivity contribution in [2.45, 2.75) is 19.4 Å². The Bertz CT molecular complexity index is 562. The number of benzene rings is 1. The molecule has 0 spiro atoms. The summed E-state index contributed by atoms with van der Waals surface area (Å²) in [6.45, 7) is 5.47. The van der Waals surface area contributed by atoms with Gasteiger partial charge >= 0.3 is 0 Å². The Hall–Kier alpha value is -2.26. The van der Waals surface area contributed by atoms with Gasteiger partial charge in [0, 0.05) is 39.1 Å². The summed E-state index contributed by atoms with van der Waals surface area (Å²) in [7, 11) is 1.58. The number of piperazine rings is 1. The van der Waals surface area contributed by atoms with Crippen LogP contribution >= 0.6 is 0 Å². The van der Waals surface area contributed by atoms with E-state index >= 15 is 0 Å². The summed E-state index contributed by atoms with van der Waals surface area (Å²) in [5.41, 5.74) is 0. The standard InChI is InChI=1S/C17H23N3O3/c1-14(23-16-7-4-3-6-15(16)22-2)17(21)20-12-10-19(11-13-20)9-5-8-18/h3-4,6-7,14H,5,9-13H2,1-2H3. The van der Waals surface area contributed by atoms with Crippen LogP contribution < -0.4 is 9.47 Å². The first-order chi connectivity index (χ1) is 11.2. The van der Waals surface area contributed by atoms with Gasteiger partial charge in [-0.1, -0.05) is 12.1 Å². The van der Waals surface area contributed by atoms with Crippen molar-refractivity contribution < 1.29 is 14.3 Å². The van der Waals surface area contributed by atoms with E-state index in [1.165, 1.54) is 0 Å². The average molecular weight is 317 g/mol. The number of para-hydroxylation sites is 2. The Labute approximate surface area is 137 Å². The van der Waals surface area contributed by atoms with Gasteiger partial charge in [0.1, 0.15) is 0 Å². The molecule has 1 aromatic rings. The topological polar surface area (TPSA) is 65.8 Å². The van der Waals surface area contributed by atoms with Gasteiger partial charge in [0.05, 0.1) is 13.2 Å². The SMILES string of the molecule is COc1ccccc1OC(C)C(=O)N1CCN(CCC#N)CC1.